The molecule has 0 bridgehead atoms. The van der Waals surface area contributed by atoms with Crippen LogP contribution in [0.15, 0.2) is 18.2 Å². The Kier molecular flexibility index (Phi) is 4.71. The number of nitrogens with one attached hydrogen (secondary N) is 1. The van der Waals surface area contributed by atoms with Crippen LogP contribution in [0.25, 0.3) is 0 Å². The van der Waals surface area contributed by atoms with Crippen LogP contribution in [0.2, 0.25) is 0 Å². The Hall–Kier alpha value is -1.06. The first-order chi connectivity index (χ1) is 9.35. The van der Waals surface area contributed by atoms with Crippen LogP contribution >= 0.6 is 0 Å². The summed E-state index contributed by atoms with van der Waals surface area (Å²) in [7, 11) is 4.25. The molecule has 0 fully saturated rings. The van der Waals surface area contributed by atoms with Crippen molar-refractivity contribution < 1.29 is 4.74 Å². The van der Waals surface area contributed by atoms with Gasteiger partial charge in [0.2, 0.25) is 0 Å². The lowest BCUT2D eigenvalue weighted by Crippen LogP contribution is -2.40. The molecule has 3 heteroatoms. The number of rotatable bonds is 6. The molecule has 1 aliphatic rings. The van der Waals surface area contributed by atoms with Crippen molar-refractivity contribution in [3.05, 3.63) is 29.3 Å². The molecule has 0 amide bonds. The Balaban J connectivity index is 1.77. The maximum Gasteiger partial charge on any atom is 0.123 e. The average Bonchev–Trinajstić information content (AvgIpc) is 2.68. The fraction of sp³-hybridized carbons (Fsp3) is 0.647. The van der Waals surface area contributed by atoms with Crippen LogP contribution in [-0.2, 0) is 6.42 Å². The van der Waals surface area contributed by atoms with Crippen LogP contribution in [0.4, 0.5) is 0 Å². The largest absolute Gasteiger partial charge is 0.488 e. The van der Waals surface area contributed by atoms with Gasteiger partial charge in [-0.1, -0.05) is 31.5 Å². The number of hydrogen-bond acceptors (Lipinski definition) is 3. The van der Waals surface area contributed by atoms with E-state index >= 15 is 0 Å². The molecule has 0 radical (unpaired) electrons. The van der Waals surface area contributed by atoms with Crippen molar-refractivity contribution in [2.24, 2.45) is 5.41 Å². The second kappa shape index (κ2) is 6.15. The molecule has 0 saturated carbocycles. The van der Waals surface area contributed by atoms with Crippen molar-refractivity contribution in [3.8, 4) is 5.75 Å². The fourth-order valence-corrected chi connectivity index (χ4v) is 3.05. The molecule has 2 rings (SSSR count). The van der Waals surface area contributed by atoms with Gasteiger partial charge in [0.05, 0.1) is 0 Å². The van der Waals surface area contributed by atoms with E-state index < -0.39 is 0 Å². The Labute approximate surface area is 123 Å². The average molecular weight is 276 g/mol. The normalized spacial score (nSPS) is 18.2. The van der Waals surface area contributed by atoms with Crippen LogP contribution in [0.1, 0.15) is 25.0 Å². The SMILES string of the molecule is Cc1ccc2c(c1)CC(CNCC(C)(C)CN(C)C)O2. The summed E-state index contributed by atoms with van der Waals surface area (Å²) in [5.74, 6) is 1.06. The van der Waals surface area contributed by atoms with Crippen LogP contribution in [0.3, 0.4) is 0 Å². The zero-order valence-electron chi connectivity index (χ0n) is 13.5. The first-order valence-corrected chi connectivity index (χ1v) is 7.47. The van der Waals surface area contributed by atoms with Gasteiger partial charge in [-0.2, -0.15) is 0 Å². The second-order valence-corrected chi connectivity index (χ2v) is 7.09. The first kappa shape index (κ1) is 15.3. The minimum Gasteiger partial charge on any atom is -0.488 e. The van der Waals surface area contributed by atoms with Crippen LogP contribution in [0, 0.1) is 12.3 Å². The van der Waals surface area contributed by atoms with Gasteiger partial charge in [-0.15, -0.1) is 0 Å². The van der Waals surface area contributed by atoms with Gasteiger partial charge in [-0.25, -0.2) is 0 Å². The number of fused-ring (bicyclic) bond motifs is 1. The molecule has 1 heterocycles. The highest BCUT2D eigenvalue weighted by Crippen LogP contribution is 2.29. The highest BCUT2D eigenvalue weighted by atomic mass is 16.5. The molecule has 1 unspecified atom stereocenters. The molecule has 0 aliphatic carbocycles. The van der Waals surface area contributed by atoms with E-state index in [2.05, 4.69) is 63.3 Å². The third-order valence-corrected chi connectivity index (χ3v) is 3.68. The lowest BCUT2D eigenvalue weighted by molar-refractivity contribution is 0.199. The molecule has 1 aliphatic heterocycles. The number of aryl methyl sites for hydroxylation is 1. The summed E-state index contributed by atoms with van der Waals surface area (Å²) < 4.78 is 5.98. The first-order valence-electron chi connectivity index (χ1n) is 7.47. The lowest BCUT2D eigenvalue weighted by atomic mass is 9.93. The summed E-state index contributed by atoms with van der Waals surface area (Å²) in [5, 5.41) is 3.57. The summed E-state index contributed by atoms with van der Waals surface area (Å²) in [5.41, 5.74) is 2.95. The summed E-state index contributed by atoms with van der Waals surface area (Å²) in [6, 6.07) is 6.46. The predicted octanol–water partition coefficient (Wildman–Crippen LogP) is 2.48. The fourth-order valence-electron chi connectivity index (χ4n) is 3.05. The van der Waals surface area contributed by atoms with Crippen LogP contribution < -0.4 is 10.1 Å². The number of hydrogen-bond donors (Lipinski definition) is 1. The van der Waals surface area contributed by atoms with E-state index in [1.165, 1.54) is 11.1 Å². The summed E-state index contributed by atoms with van der Waals surface area (Å²) >= 11 is 0. The maximum absolute atomic E-state index is 5.98. The highest BCUT2D eigenvalue weighted by molar-refractivity contribution is 5.40. The molecule has 112 valence electrons. The van der Waals surface area contributed by atoms with E-state index in [0.29, 0.717) is 0 Å². The molecule has 1 aromatic carbocycles. The standard InChI is InChI=1S/C17H28N2O/c1-13-6-7-16-14(8-13)9-15(20-16)10-18-11-17(2,3)12-19(4)5/h6-8,15,18H,9-12H2,1-5H3. The van der Waals surface area contributed by atoms with Crippen molar-refractivity contribution in [2.45, 2.75) is 33.3 Å². The lowest BCUT2D eigenvalue weighted by Gasteiger charge is -2.29. The van der Waals surface area contributed by atoms with Gasteiger partial charge in [-0.3, -0.25) is 0 Å². The Morgan fingerprint density at radius 1 is 1.35 bits per heavy atom. The Morgan fingerprint density at radius 2 is 2.10 bits per heavy atom. The van der Waals surface area contributed by atoms with Crippen LogP contribution in [-0.4, -0.2) is 44.7 Å². The maximum atomic E-state index is 5.98. The van der Waals surface area contributed by atoms with E-state index in [4.69, 9.17) is 4.74 Å². The highest BCUT2D eigenvalue weighted by Gasteiger charge is 2.24. The van der Waals surface area contributed by atoms with Gasteiger partial charge in [0, 0.05) is 26.1 Å². The second-order valence-electron chi connectivity index (χ2n) is 7.09. The molecule has 1 atom stereocenters. The van der Waals surface area contributed by atoms with Crippen LogP contribution in [0.5, 0.6) is 5.75 Å². The quantitative estimate of drug-likeness (QED) is 0.864. The third-order valence-electron chi connectivity index (χ3n) is 3.68. The molecular weight excluding hydrogens is 248 g/mol. The smallest absolute Gasteiger partial charge is 0.123 e. The van der Waals surface area contributed by atoms with Gasteiger partial charge in [0.1, 0.15) is 11.9 Å². The van der Waals surface area contributed by atoms with E-state index in [0.717, 1.165) is 31.8 Å². The summed E-state index contributed by atoms with van der Waals surface area (Å²) in [4.78, 5) is 2.24. The predicted molar refractivity (Wildman–Crippen MR) is 84.5 cm³/mol. The number of ether oxygens (including phenoxy) is 1. The zero-order chi connectivity index (χ0) is 14.8. The topological polar surface area (TPSA) is 24.5 Å². The van der Waals surface area contributed by atoms with Crippen molar-refractivity contribution in [1.82, 2.24) is 10.2 Å². The van der Waals surface area contributed by atoms with Crippen molar-refractivity contribution in [1.29, 1.82) is 0 Å². The van der Waals surface area contributed by atoms with Gasteiger partial charge < -0.3 is 15.0 Å². The van der Waals surface area contributed by atoms with Gasteiger partial charge >= 0.3 is 0 Å². The Morgan fingerprint density at radius 3 is 2.80 bits per heavy atom. The van der Waals surface area contributed by atoms with Gasteiger partial charge in [-0.05, 0) is 38.1 Å². The summed E-state index contributed by atoms with van der Waals surface area (Å²) in [6.45, 7) is 9.76. The van der Waals surface area contributed by atoms with E-state index in [1.54, 1.807) is 0 Å². The van der Waals surface area contributed by atoms with Gasteiger partial charge in [0.25, 0.3) is 0 Å². The molecule has 1 N–H and O–H groups in total. The molecule has 3 nitrogen and oxygen atoms in total. The number of nitrogens with zero attached hydrogens (tertiary/aromatic N) is 1. The minimum atomic E-state index is 0.280. The molecular formula is C17H28N2O. The van der Waals surface area contributed by atoms with Gasteiger partial charge in [0.15, 0.2) is 0 Å². The van der Waals surface area contributed by atoms with Crippen molar-refractivity contribution in [2.75, 3.05) is 33.7 Å². The van der Waals surface area contributed by atoms with Crippen molar-refractivity contribution >= 4 is 0 Å². The molecule has 0 saturated heterocycles. The number of benzene rings is 1. The van der Waals surface area contributed by atoms with E-state index in [-0.39, 0.29) is 11.5 Å². The van der Waals surface area contributed by atoms with Crippen molar-refractivity contribution in [3.63, 3.8) is 0 Å². The monoisotopic (exact) mass is 276 g/mol. The summed E-state index contributed by atoms with van der Waals surface area (Å²) in [6.07, 6.45) is 1.31. The molecule has 1 aromatic rings. The molecule has 0 aromatic heterocycles. The minimum absolute atomic E-state index is 0.280. The Bertz CT molecular complexity index is 454. The zero-order valence-corrected chi connectivity index (χ0v) is 13.5. The van der Waals surface area contributed by atoms with E-state index in [9.17, 15) is 0 Å². The third kappa shape index (κ3) is 4.22. The molecule has 20 heavy (non-hydrogen) atoms. The van der Waals surface area contributed by atoms with E-state index in [1.807, 2.05) is 0 Å². The molecule has 0 spiro atoms.